The van der Waals surface area contributed by atoms with E-state index in [9.17, 15) is 24.6 Å². The zero-order valence-electron chi connectivity index (χ0n) is 23.5. The van der Waals surface area contributed by atoms with Crippen molar-refractivity contribution in [2.45, 2.75) is 78.5 Å². The zero-order valence-corrected chi connectivity index (χ0v) is 23.5. The summed E-state index contributed by atoms with van der Waals surface area (Å²) in [7, 11) is 0. The summed E-state index contributed by atoms with van der Waals surface area (Å²) in [4.78, 5) is 37.2. The molecule has 8 heteroatoms. The van der Waals surface area contributed by atoms with E-state index < -0.39 is 53.3 Å². The molecular formula is C31H40O8. The topological polar surface area (TPSA) is 130 Å². The number of carboxylic acid groups (broad SMARTS) is 1. The lowest BCUT2D eigenvalue weighted by atomic mass is 9.53. The molecule has 1 saturated heterocycles. The Hall–Kier alpha value is -3.07. The first kappa shape index (κ1) is 30.5. The number of hydrogen-bond acceptors (Lipinski definition) is 7. The summed E-state index contributed by atoms with van der Waals surface area (Å²) in [5.41, 5.74) is 0.195. The molecule has 0 aromatic carbocycles. The predicted molar refractivity (Wildman–Crippen MR) is 146 cm³/mol. The summed E-state index contributed by atoms with van der Waals surface area (Å²) < 4.78 is 11.9. The van der Waals surface area contributed by atoms with E-state index in [1.807, 2.05) is 32.9 Å². The maximum absolute atomic E-state index is 13.4. The van der Waals surface area contributed by atoms with Gasteiger partial charge in [-0.25, -0.2) is 4.79 Å². The maximum Gasteiger partial charge on any atom is 0.328 e. The second-order valence-corrected chi connectivity index (χ2v) is 11.3. The second-order valence-electron chi connectivity index (χ2n) is 11.3. The lowest BCUT2D eigenvalue weighted by Gasteiger charge is -2.56. The third-order valence-electron chi connectivity index (χ3n) is 8.27. The van der Waals surface area contributed by atoms with Crippen LogP contribution in [0, 0.1) is 23.2 Å². The standard InChI is InChI=1S/C31H40O8/c1-18(10-8-12-25(33)34)9-7-11-20(3)28(36)21(4)29(37)38-23-16-19(2)15-22-13-14-30(5)31(6,27(22)23)24(32)17-26(35)39-30/h7-15,19,21,23,26-28,35-36H,16-17H2,1-6H3,(H,33,34)/b9-7+,12-8+,18-10+,20-11+/t19-,21?,23-,26+,27-,28?,30-,31+/m0/s1. The van der Waals surface area contributed by atoms with E-state index >= 15 is 0 Å². The van der Waals surface area contributed by atoms with Crippen molar-refractivity contribution in [1.82, 2.24) is 0 Å². The number of esters is 1. The van der Waals surface area contributed by atoms with Crippen LogP contribution in [0.25, 0.3) is 0 Å². The predicted octanol–water partition coefficient (Wildman–Crippen LogP) is 4.21. The van der Waals surface area contributed by atoms with Crippen LogP contribution in [0.15, 0.2) is 71.4 Å². The number of carbonyl (C=O) groups excluding carboxylic acids is 2. The van der Waals surface area contributed by atoms with Crippen LogP contribution in [0.3, 0.4) is 0 Å². The Morgan fingerprint density at radius 2 is 1.85 bits per heavy atom. The van der Waals surface area contributed by atoms with Gasteiger partial charge >= 0.3 is 11.9 Å². The summed E-state index contributed by atoms with van der Waals surface area (Å²) >= 11 is 0. The van der Waals surface area contributed by atoms with Crippen LogP contribution in [0.5, 0.6) is 0 Å². The highest BCUT2D eigenvalue weighted by molar-refractivity contribution is 5.89. The van der Waals surface area contributed by atoms with Gasteiger partial charge < -0.3 is 24.8 Å². The average Bonchev–Trinajstić information content (AvgIpc) is 2.84. The van der Waals surface area contributed by atoms with Crippen molar-refractivity contribution < 1.29 is 39.2 Å². The minimum Gasteiger partial charge on any atom is -0.478 e. The first-order chi connectivity index (χ1) is 18.2. The summed E-state index contributed by atoms with van der Waals surface area (Å²) in [6.45, 7) is 10.8. The van der Waals surface area contributed by atoms with E-state index in [0.717, 1.165) is 17.2 Å². The molecule has 0 aromatic heterocycles. The monoisotopic (exact) mass is 540 g/mol. The summed E-state index contributed by atoms with van der Waals surface area (Å²) in [5.74, 6) is -2.91. The van der Waals surface area contributed by atoms with Crippen LogP contribution in [-0.2, 0) is 23.9 Å². The SMILES string of the molecule is CC(/C=C/C=C(\C)C(O)C(C)C(=O)O[C@H]1C[C@@H](C)C=C2C=C[C@]3(C)O[C@@H](O)CC(=O)[C@]3(C)[C@@H]21)=C\C=C\C(=O)O. The van der Waals surface area contributed by atoms with Gasteiger partial charge in [-0.2, -0.15) is 0 Å². The Bertz CT molecular complexity index is 1170. The highest BCUT2D eigenvalue weighted by Crippen LogP contribution is 2.56. The molecule has 212 valence electrons. The van der Waals surface area contributed by atoms with Gasteiger partial charge in [0.2, 0.25) is 0 Å². The minimum atomic E-state index is -1.19. The van der Waals surface area contributed by atoms with Crippen molar-refractivity contribution in [3.8, 4) is 0 Å². The number of rotatable bonds is 8. The van der Waals surface area contributed by atoms with Gasteiger partial charge in [-0.1, -0.05) is 61.1 Å². The lowest BCUT2D eigenvalue weighted by molar-refractivity contribution is -0.242. The highest BCUT2D eigenvalue weighted by atomic mass is 16.6. The van der Waals surface area contributed by atoms with E-state index in [1.165, 1.54) is 6.08 Å². The van der Waals surface area contributed by atoms with Crippen LogP contribution in [0.4, 0.5) is 0 Å². The first-order valence-corrected chi connectivity index (χ1v) is 13.3. The molecule has 8 atom stereocenters. The molecule has 1 aliphatic heterocycles. The third-order valence-corrected chi connectivity index (χ3v) is 8.27. The van der Waals surface area contributed by atoms with Gasteiger partial charge in [0.25, 0.3) is 0 Å². The Morgan fingerprint density at radius 1 is 1.18 bits per heavy atom. The van der Waals surface area contributed by atoms with E-state index in [0.29, 0.717) is 12.0 Å². The lowest BCUT2D eigenvalue weighted by Crippen LogP contribution is -2.64. The number of Topliss-reactive ketones (excluding diaryl/α,β-unsaturated/α-hetero) is 1. The van der Waals surface area contributed by atoms with Crippen LogP contribution in [0.1, 0.15) is 54.4 Å². The molecule has 2 unspecified atom stereocenters. The van der Waals surface area contributed by atoms with Gasteiger partial charge in [0, 0.05) is 12.0 Å². The Morgan fingerprint density at radius 3 is 2.51 bits per heavy atom. The van der Waals surface area contributed by atoms with E-state index in [4.69, 9.17) is 14.6 Å². The molecule has 0 bridgehead atoms. The molecule has 3 N–H and O–H groups in total. The molecule has 0 amide bonds. The summed E-state index contributed by atoms with van der Waals surface area (Å²) in [5, 5.41) is 29.7. The molecule has 0 saturated carbocycles. The van der Waals surface area contributed by atoms with Gasteiger partial charge in [0.1, 0.15) is 11.9 Å². The smallest absolute Gasteiger partial charge is 0.328 e. The molecule has 0 spiro atoms. The minimum absolute atomic E-state index is 0.116. The van der Waals surface area contributed by atoms with Gasteiger partial charge in [0.05, 0.1) is 29.5 Å². The van der Waals surface area contributed by atoms with E-state index in [2.05, 4.69) is 6.08 Å². The van der Waals surface area contributed by atoms with Crippen molar-refractivity contribution in [2.75, 3.05) is 0 Å². The van der Waals surface area contributed by atoms with E-state index in [1.54, 1.807) is 45.1 Å². The van der Waals surface area contributed by atoms with Crippen LogP contribution in [0.2, 0.25) is 0 Å². The molecular weight excluding hydrogens is 500 g/mol. The molecule has 3 rings (SSSR count). The Kier molecular flexibility index (Phi) is 9.36. The van der Waals surface area contributed by atoms with Gasteiger partial charge in [-0.3, -0.25) is 9.59 Å². The fourth-order valence-corrected chi connectivity index (χ4v) is 5.81. The quantitative estimate of drug-likeness (QED) is 0.237. The Labute approximate surface area is 230 Å². The van der Waals surface area contributed by atoms with E-state index in [-0.39, 0.29) is 18.1 Å². The number of ketones is 1. The average molecular weight is 541 g/mol. The molecule has 39 heavy (non-hydrogen) atoms. The number of allylic oxidation sites excluding steroid dienone is 8. The molecule has 1 heterocycles. The van der Waals surface area contributed by atoms with Gasteiger partial charge in [-0.05, 0) is 58.1 Å². The molecule has 0 radical (unpaired) electrons. The van der Waals surface area contributed by atoms with Crippen molar-refractivity contribution in [3.05, 3.63) is 71.4 Å². The number of ether oxygens (including phenoxy) is 2. The zero-order chi connectivity index (χ0) is 29.1. The van der Waals surface area contributed by atoms with Crippen molar-refractivity contribution >= 4 is 17.7 Å². The van der Waals surface area contributed by atoms with Gasteiger partial charge in [0.15, 0.2) is 6.29 Å². The largest absolute Gasteiger partial charge is 0.478 e. The molecule has 3 aliphatic rings. The maximum atomic E-state index is 13.4. The highest BCUT2D eigenvalue weighted by Gasteiger charge is 2.63. The number of carbonyl (C=O) groups is 3. The van der Waals surface area contributed by atoms with Crippen molar-refractivity contribution in [1.29, 1.82) is 0 Å². The fourth-order valence-electron chi connectivity index (χ4n) is 5.81. The number of aliphatic hydroxyl groups is 2. The van der Waals surface area contributed by atoms with Crippen molar-refractivity contribution in [3.63, 3.8) is 0 Å². The normalized spacial score (nSPS) is 34.9. The van der Waals surface area contributed by atoms with Crippen LogP contribution >= 0.6 is 0 Å². The van der Waals surface area contributed by atoms with Crippen LogP contribution in [-0.4, -0.2) is 57.1 Å². The van der Waals surface area contributed by atoms with Crippen LogP contribution < -0.4 is 0 Å². The number of carboxylic acids is 1. The third kappa shape index (κ3) is 6.40. The number of hydrogen-bond donors (Lipinski definition) is 3. The van der Waals surface area contributed by atoms with Crippen molar-refractivity contribution in [2.24, 2.45) is 23.2 Å². The molecule has 0 aromatic rings. The summed E-state index contributed by atoms with van der Waals surface area (Å²) in [6, 6.07) is 0. The number of aliphatic carboxylic acids is 1. The number of fused-ring (bicyclic) bond motifs is 3. The summed E-state index contributed by atoms with van der Waals surface area (Å²) in [6.07, 6.45) is 12.6. The molecule has 2 aliphatic carbocycles. The van der Waals surface area contributed by atoms with Gasteiger partial charge in [-0.15, -0.1) is 0 Å². The molecule has 8 nitrogen and oxygen atoms in total. The first-order valence-electron chi connectivity index (χ1n) is 13.3. The second kappa shape index (κ2) is 12.0. The fraction of sp³-hybridized carbons (Fsp3) is 0.516. The Balaban J connectivity index is 1.77. The number of aliphatic hydroxyl groups excluding tert-OH is 2. The molecule has 1 fully saturated rings.